The Morgan fingerprint density at radius 2 is 1.32 bits per heavy atom. The quantitative estimate of drug-likeness (QED) is 0.480. The van der Waals surface area contributed by atoms with Crippen molar-refractivity contribution in [1.82, 2.24) is 0 Å². The summed E-state index contributed by atoms with van der Waals surface area (Å²) in [7, 11) is 0. The van der Waals surface area contributed by atoms with Crippen LogP contribution in [0.2, 0.25) is 0 Å². The third-order valence-electron chi connectivity index (χ3n) is 3.64. The van der Waals surface area contributed by atoms with E-state index < -0.39 is 41.3 Å². The fourth-order valence-corrected chi connectivity index (χ4v) is 2.29. The summed E-state index contributed by atoms with van der Waals surface area (Å²) < 4.78 is 10.1. The molecule has 0 amide bonds. The maximum atomic E-state index is 12.3. The number of carboxylic acids is 2. The van der Waals surface area contributed by atoms with Gasteiger partial charge in [-0.2, -0.15) is 0 Å². The van der Waals surface area contributed by atoms with Gasteiger partial charge >= 0.3 is 23.9 Å². The number of hydrogen-bond donors (Lipinski definition) is 3. The first-order valence-electron chi connectivity index (χ1n) is 8.05. The van der Waals surface area contributed by atoms with Gasteiger partial charge in [0.2, 0.25) is 6.29 Å². The first-order valence-corrected chi connectivity index (χ1v) is 8.05. The molecule has 1 unspecified atom stereocenters. The summed E-state index contributed by atoms with van der Waals surface area (Å²) in [6.45, 7) is 1.54. The average Bonchev–Trinajstić information content (AvgIpc) is 2.66. The van der Waals surface area contributed by atoms with Crippen LogP contribution in [0.3, 0.4) is 0 Å². The minimum Gasteiger partial charge on any atom is -0.508 e. The molecule has 2 aromatic rings. The third-order valence-corrected chi connectivity index (χ3v) is 3.64. The van der Waals surface area contributed by atoms with Crippen molar-refractivity contribution < 1.29 is 44.0 Å². The maximum Gasteiger partial charge on any atom is 0.342 e. The molecule has 0 heterocycles. The van der Waals surface area contributed by atoms with Crippen LogP contribution in [-0.2, 0) is 9.47 Å². The van der Waals surface area contributed by atoms with Crippen LogP contribution in [0.25, 0.3) is 0 Å². The highest BCUT2D eigenvalue weighted by Gasteiger charge is 2.25. The zero-order valence-electron chi connectivity index (χ0n) is 14.6. The molecular weight excluding hydrogens is 372 g/mol. The molecule has 0 bridgehead atoms. The van der Waals surface area contributed by atoms with E-state index in [9.17, 15) is 24.3 Å². The number of hydrogen-bond acceptors (Lipinski definition) is 7. The zero-order valence-corrected chi connectivity index (χ0v) is 14.6. The Kier molecular flexibility index (Phi) is 6.33. The molecule has 1 atom stereocenters. The number of phenols is 1. The summed E-state index contributed by atoms with van der Waals surface area (Å²) in [6, 6.07) is 8.40. The highest BCUT2D eigenvalue weighted by atomic mass is 16.7. The molecule has 9 heteroatoms. The largest absolute Gasteiger partial charge is 0.508 e. The van der Waals surface area contributed by atoms with Crippen molar-refractivity contribution in [2.24, 2.45) is 0 Å². The van der Waals surface area contributed by atoms with Crippen LogP contribution < -0.4 is 0 Å². The van der Waals surface area contributed by atoms with Gasteiger partial charge in [-0.25, -0.2) is 19.2 Å². The van der Waals surface area contributed by atoms with Crippen LogP contribution >= 0.6 is 0 Å². The molecule has 2 rings (SSSR count). The summed E-state index contributed by atoms with van der Waals surface area (Å²) >= 11 is 0. The van der Waals surface area contributed by atoms with Gasteiger partial charge in [-0.05, 0) is 30.3 Å². The van der Waals surface area contributed by atoms with Gasteiger partial charge in [-0.15, -0.1) is 0 Å². The lowest BCUT2D eigenvalue weighted by molar-refractivity contribution is -0.0808. The SMILES string of the molecule is CCC(OC(=O)c1ccccc1C(=O)O)OC(=O)c1cc(O)ccc1C(=O)O. The van der Waals surface area contributed by atoms with E-state index in [1.807, 2.05) is 0 Å². The highest BCUT2D eigenvalue weighted by Crippen LogP contribution is 2.20. The number of carboxylic acid groups (broad SMARTS) is 2. The van der Waals surface area contributed by atoms with E-state index >= 15 is 0 Å². The molecule has 3 N–H and O–H groups in total. The van der Waals surface area contributed by atoms with Crippen LogP contribution in [-0.4, -0.2) is 45.5 Å². The smallest absolute Gasteiger partial charge is 0.342 e. The molecule has 2 aromatic carbocycles. The Balaban J connectivity index is 2.21. The van der Waals surface area contributed by atoms with E-state index in [2.05, 4.69) is 0 Å². The third kappa shape index (κ3) is 4.64. The van der Waals surface area contributed by atoms with Gasteiger partial charge in [0.1, 0.15) is 5.75 Å². The minimum atomic E-state index is -1.41. The van der Waals surface area contributed by atoms with Crippen LogP contribution in [0.4, 0.5) is 0 Å². The molecular formula is C19H16O9. The van der Waals surface area contributed by atoms with E-state index in [0.717, 1.165) is 18.2 Å². The monoisotopic (exact) mass is 388 g/mol. The molecule has 0 fully saturated rings. The minimum absolute atomic E-state index is 0.0218. The average molecular weight is 388 g/mol. The molecule has 0 saturated heterocycles. The molecule has 0 aliphatic rings. The molecule has 0 aliphatic heterocycles. The Labute approximate surface area is 158 Å². The Bertz CT molecular complexity index is 933. The summed E-state index contributed by atoms with van der Waals surface area (Å²) in [6.07, 6.45) is -1.38. The summed E-state index contributed by atoms with van der Waals surface area (Å²) in [5.41, 5.74) is -1.34. The lowest BCUT2D eigenvalue weighted by Gasteiger charge is -2.18. The Morgan fingerprint density at radius 3 is 1.86 bits per heavy atom. The van der Waals surface area contributed by atoms with Crippen molar-refractivity contribution in [3.8, 4) is 5.75 Å². The van der Waals surface area contributed by atoms with Crippen molar-refractivity contribution in [2.75, 3.05) is 0 Å². The number of carbonyl (C=O) groups excluding carboxylic acids is 2. The van der Waals surface area contributed by atoms with Crippen molar-refractivity contribution in [2.45, 2.75) is 19.6 Å². The maximum absolute atomic E-state index is 12.3. The number of esters is 2. The molecule has 9 nitrogen and oxygen atoms in total. The summed E-state index contributed by atoms with van der Waals surface area (Å²) in [4.78, 5) is 47.0. The number of carbonyl (C=O) groups is 4. The fraction of sp³-hybridized carbons (Fsp3) is 0.158. The predicted octanol–water partition coefficient (Wildman–Crippen LogP) is 2.54. The predicted molar refractivity (Wildman–Crippen MR) is 93.4 cm³/mol. The number of ether oxygens (including phenoxy) is 2. The second-order valence-electron chi connectivity index (χ2n) is 5.53. The number of benzene rings is 2. The van der Waals surface area contributed by atoms with Crippen molar-refractivity contribution in [3.63, 3.8) is 0 Å². The lowest BCUT2D eigenvalue weighted by atomic mass is 10.1. The molecule has 146 valence electrons. The fourth-order valence-electron chi connectivity index (χ4n) is 2.29. The highest BCUT2D eigenvalue weighted by molar-refractivity contribution is 6.03. The van der Waals surface area contributed by atoms with Gasteiger partial charge < -0.3 is 24.8 Å². The van der Waals surface area contributed by atoms with Crippen LogP contribution in [0, 0.1) is 0 Å². The summed E-state index contributed by atoms with van der Waals surface area (Å²) in [5, 5.41) is 27.8. The van der Waals surface area contributed by atoms with Crippen LogP contribution in [0.1, 0.15) is 54.8 Å². The van der Waals surface area contributed by atoms with Gasteiger partial charge in [-0.3, -0.25) is 0 Å². The van der Waals surface area contributed by atoms with E-state index in [-0.39, 0.29) is 23.3 Å². The topological polar surface area (TPSA) is 147 Å². The van der Waals surface area contributed by atoms with Gasteiger partial charge in [-0.1, -0.05) is 19.1 Å². The molecule has 0 spiro atoms. The summed E-state index contributed by atoms with van der Waals surface area (Å²) in [5.74, 6) is -5.24. The first-order chi connectivity index (χ1) is 13.2. The first kappa shape index (κ1) is 20.4. The van der Waals surface area contributed by atoms with Crippen molar-refractivity contribution in [3.05, 3.63) is 64.7 Å². The van der Waals surface area contributed by atoms with Gasteiger partial charge in [0.05, 0.1) is 22.3 Å². The molecule has 0 aromatic heterocycles. The second kappa shape index (κ2) is 8.67. The lowest BCUT2D eigenvalue weighted by Crippen LogP contribution is -2.26. The van der Waals surface area contributed by atoms with Crippen LogP contribution in [0.15, 0.2) is 42.5 Å². The van der Waals surface area contributed by atoms with Gasteiger partial charge in [0.15, 0.2) is 0 Å². The number of rotatable bonds is 7. The van der Waals surface area contributed by atoms with Crippen LogP contribution in [0.5, 0.6) is 5.75 Å². The van der Waals surface area contributed by atoms with Crippen molar-refractivity contribution in [1.29, 1.82) is 0 Å². The number of phenolic OH excluding ortho intramolecular Hbond substituents is 1. The standard InChI is InChI=1S/C19H16O9/c1-2-15(27-18(25)13-6-4-3-5-11(13)16(21)22)28-19(26)14-9-10(20)7-8-12(14)17(23)24/h3-9,15,20H,2H2,1H3,(H,21,22)(H,23,24). The molecule has 0 aliphatic carbocycles. The Morgan fingerprint density at radius 1 is 0.821 bits per heavy atom. The molecule has 0 radical (unpaired) electrons. The molecule has 28 heavy (non-hydrogen) atoms. The second-order valence-corrected chi connectivity index (χ2v) is 5.53. The van der Waals surface area contributed by atoms with Gasteiger partial charge in [0, 0.05) is 6.42 Å². The zero-order chi connectivity index (χ0) is 20.8. The van der Waals surface area contributed by atoms with E-state index in [4.69, 9.17) is 19.7 Å². The Hall–Kier alpha value is -3.88. The number of aromatic carboxylic acids is 2. The van der Waals surface area contributed by atoms with E-state index in [1.54, 1.807) is 0 Å². The van der Waals surface area contributed by atoms with E-state index in [0.29, 0.717) is 0 Å². The normalized spacial score (nSPS) is 11.3. The van der Waals surface area contributed by atoms with Gasteiger partial charge in [0.25, 0.3) is 0 Å². The number of aromatic hydroxyl groups is 1. The molecule has 0 saturated carbocycles. The van der Waals surface area contributed by atoms with Crippen molar-refractivity contribution >= 4 is 23.9 Å². The van der Waals surface area contributed by atoms with E-state index in [1.165, 1.54) is 31.2 Å².